The van der Waals surface area contributed by atoms with E-state index < -0.39 is 17.0 Å². The van der Waals surface area contributed by atoms with Gasteiger partial charge < -0.3 is 4.90 Å². The van der Waals surface area contributed by atoms with Gasteiger partial charge in [-0.15, -0.1) is 0 Å². The lowest BCUT2D eigenvalue weighted by atomic mass is 9.86. The molecule has 0 bridgehead atoms. The third kappa shape index (κ3) is 5.88. The Bertz CT molecular complexity index is 528. The van der Waals surface area contributed by atoms with Crippen molar-refractivity contribution in [3.05, 3.63) is 29.8 Å². The zero-order valence-electron chi connectivity index (χ0n) is 15.5. The second-order valence-electron chi connectivity index (χ2n) is 7.10. The van der Waals surface area contributed by atoms with Gasteiger partial charge in [-0.3, -0.25) is 4.79 Å². The quantitative estimate of drug-likeness (QED) is 0.472. The second-order valence-corrected chi connectivity index (χ2v) is 7.10. The van der Waals surface area contributed by atoms with Gasteiger partial charge >= 0.3 is 0 Å². The van der Waals surface area contributed by atoms with Gasteiger partial charge in [0.2, 0.25) is 5.91 Å². The Hall–Kier alpha value is -1.45. The molecule has 0 heterocycles. The Labute approximate surface area is 145 Å². The fourth-order valence-electron chi connectivity index (χ4n) is 3.00. The van der Waals surface area contributed by atoms with Gasteiger partial charge in [0.1, 0.15) is 11.6 Å². The molecule has 0 aliphatic carbocycles. The van der Waals surface area contributed by atoms with Crippen LogP contribution in [0.1, 0.15) is 72.6 Å². The SMILES string of the molecule is CCCCCCCN(C(=O)C(C)(C)CCC)c1ccc(F)cc1F. The normalized spacial score (nSPS) is 11.6. The lowest BCUT2D eigenvalue weighted by Gasteiger charge is -2.32. The largest absolute Gasteiger partial charge is 0.309 e. The first-order chi connectivity index (χ1) is 11.3. The molecule has 4 heteroatoms. The molecule has 0 saturated carbocycles. The molecule has 1 rings (SSSR count). The van der Waals surface area contributed by atoms with Crippen molar-refractivity contribution in [1.82, 2.24) is 0 Å². The van der Waals surface area contributed by atoms with Crippen molar-refractivity contribution < 1.29 is 13.6 Å². The summed E-state index contributed by atoms with van der Waals surface area (Å²) in [5.74, 6) is -1.39. The third-order valence-electron chi connectivity index (χ3n) is 4.38. The Morgan fingerprint density at radius 2 is 1.71 bits per heavy atom. The van der Waals surface area contributed by atoms with Gasteiger partial charge in [-0.25, -0.2) is 8.78 Å². The molecule has 0 aromatic heterocycles. The van der Waals surface area contributed by atoms with Crippen LogP contribution in [0.4, 0.5) is 14.5 Å². The number of carbonyl (C=O) groups is 1. The molecule has 0 aliphatic rings. The number of unbranched alkanes of at least 4 members (excludes halogenated alkanes) is 4. The van der Waals surface area contributed by atoms with Crippen molar-refractivity contribution in [2.75, 3.05) is 11.4 Å². The van der Waals surface area contributed by atoms with Crippen LogP contribution < -0.4 is 4.90 Å². The minimum Gasteiger partial charge on any atom is -0.309 e. The smallest absolute Gasteiger partial charge is 0.232 e. The van der Waals surface area contributed by atoms with E-state index in [4.69, 9.17) is 0 Å². The molecule has 2 nitrogen and oxygen atoms in total. The molecule has 0 unspecified atom stereocenters. The highest BCUT2D eigenvalue weighted by molar-refractivity contribution is 5.97. The number of halogens is 2. The van der Waals surface area contributed by atoms with Crippen LogP contribution in [-0.4, -0.2) is 12.5 Å². The molecule has 1 aromatic rings. The minimum absolute atomic E-state index is 0.0923. The zero-order valence-corrected chi connectivity index (χ0v) is 15.5. The van der Waals surface area contributed by atoms with Crippen LogP contribution >= 0.6 is 0 Å². The van der Waals surface area contributed by atoms with Gasteiger partial charge in [0.25, 0.3) is 0 Å². The predicted octanol–water partition coefficient (Wildman–Crippen LogP) is 6.09. The molecule has 0 spiro atoms. The molecule has 0 N–H and O–H groups in total. The summed E-state index contributed by atoms with van der Waals surface area (Å²) < 4.78 is 27.4. The van der Waals surface area contributed by atoms with Gasteiger partial charge in [0.05, 0.1) is 5.69 Å². The van der Waals surface area contributed by atoms with Crippen molar-refractivity contribution in [3.8, 4) is 0 Å². The lowest BCUT2D eigenvalue weighted by Crippen LogP contribution is -2.42. The number of nitrogens with zero attached hydrogens (tertiary/aromatic N) is 1. The molecule has 0 saturated heterocycles. The number of carbonyl (C=O) groups excluding carboxylic acids is 1. The number of rotatable bonds is 10. The average molecular weight is 339 g/mol. The van der Waals surface area contributed by atoms with E-state index in [2.05, 4.69) is 6.92 Å². The summed E-state index contributed by atoms with van der Waals surface area (Å²) in [6.45, 7) is 8.44. The highest BCUT2D eigenvalue weighted by Gasteiger charge is 2.32. The molecule has 0 aliphatic heterocycles. The summed E-state index contributed by atoms with van der Waals surface area (Å²) in [6, 6.07) is 3.43. The third-order valence-corrected chi connectivity index (χ3v) is 4.38. The monoisotopic (exact) mass is 339 g/mol. The van der Waals surface area contributed by atoms with Gasteiger partial charge in [0.15, 0.2) is 0 Å². The van der Waals surface area contributed by atoms with Crippen molar-refractivity contribution in [2.24, 2.45) is 5.41 Å². The fraction of sp³-hybridized carbons (Fsp3) is 0.650. The van der Waals surface area contributed by atoms with E-state index in [0.717, 1.165) is 44.6 Å². The van der Waals surface area contributed by atoms with E-state index in [1.54, 1.807) is 0 Å². The zero-order chi connectivity index (χ0) is 18.2. The van der Waals surface area contributed by atoms with Gasteiger partial charge in [-0.05, 0) is 25.0 Å². The fourth-order valence-corrected chi connectivity index (χ4v) is 3.00. The maximum atomic E-state index is 14.2. The molecule has 24 heavy (non-hydrogen) atoms. The summed E-state index contributed by atoms with van der Waals surface area (Å²) in [4.78, 5) is 14.5. The van der Waals surface area contributed by atoms with E-state index in [-0.39, 0.29) is 11.6 Å². The van der Waals surface area contributed by atoms with Gasteiger partial charge in [-0.1, -0.05) is 59.8 Å². The first kappa shape index (κ1) is 20.6. The van der Waals surface area contributed by atoms with E-state index in [9.17, 15) is 13.6 Å². The number of benzene rings is 1. The summed E-state index contributed by atoms with van der Waals surface area (Å²) in [5.41, 5.74) is -0.375. The van der Waals surface area contributed by atoms with Crippen LogP contribution in [0.5, 0.6) is 0 Å². The van der Waals surface area contributed by atoms with Crippen LogP contribution in [0.3, 0.4) is 0 Å². The van der Waals surface area contributed by atoms with E-state index in [1.165, 1.54) is 23.5 Å². The number of anilines is 1. The highest BCUT2D eigenvalue weighted by Crippen LogP contribution is 2.30. The van der Waals surface area contributed by atoms with Crippen molar-refractivity contribution in [2.45, 2.75) is 72.6 Å². The Balaban J connectivity index is 2.96. The average Bonchev–Trinajstić information content (AvgIpc) is 2.51. The van der Waals surface area contributed by atoms with Gasteiger partial charge in [0, 0.05) is 18.0 Å². The van der Waals surface area contributed by atoms with E-state index >= 15 is 0 Å². The Morgan fingerprint density at radius 3 is 2.29 bits per heavy atom. The van der Waals surface area contributed by atoms with Crippen molar-refractivity contribution in [3.63, 3.8) is 0 Å². The molecule has 1 amide bonds. The molecular weight excluding hydrogens is 308 g/mol. The minimum atomic E-state index is -0.677. The summed E-state index contributed by atoms with van der Waals surface area (Å²) in [6.07, 6.45) is 6.89. The van der Waals surface area contributed by atoms with Crippen LogP contribution in [-0.2, 0) is 4.79 Å². The highest BCUT2D eigenvalue weighted by atomic mass is 19.1. The van der Waals surface area contributed by atoms with E-state index in [1.807, 2.05) is 20.8 Å². The van der Waals surface area contributed by atoms with Crippen LogP contribution in [0.15, 0.2) is 18.2 Å². The van der Waals surface area contributed by atoms with Crippen LogP contribution in [0, 0.1) is 17.0 Å². The molecule has 136 valence electrons. The Kier molecular flexibility index (Phi) is 8.37. The van der Waals surface area contributed by atoms with Crippen molar-refractivity contribution >= 4 is 11.6 Å². The Morgan fingerprint density at radius 1 is 1.04 bits per heavy atom. The summed E-state index contributed by atoms with van der Waals surface area (Å²) in [7, 11) is 0. The topological polar surface area (TPSA) is 20.3 Å². The standard InChI is InChI=1S/C20H31F2NO/c1-5-7-8-9-10-14-23(19(24)20(3,4)13-6-2)18-12-11-16(21)15-17(18)22/h11-12,15H,5-10,13-14H2,1-4H3. The maximum absolute atomic E-state index is 14.2. The number of amides is 1. The van der Waals surface area contributed by atoms with Crippen molar-refractivity contribution in [1.29, 1.82) is 0 Å². The number of hydrogen-bond donors (Lipinski definition) is 0. The van der Waals surface area contributed by atoms with E-state index in [0.29, 0.717) is 6.54 Å². The van der Waals surface area contributed by atoms with Gasteiger partial charge in [-0.2, -0.15) is 0 Å². The summed E-state index contributed by atoms with van der Waals surface area (Å²) in [5, 5.41) is 0. The molecule has 0 radical (unpaired) electrons. The molecular formula is C20H31F2NO. The lowest BCUT2D eigenvalue weighted by molar-refractivity contribution is -0.127. The van der Waals surface area contributed by atoms with Crippen LogP contribution in [0.25, 0.3) is 0 Å². The number of hydrogen-bond acceptors (Lipinski definition) is 1. The molecule has 1 aromatic carbocycles. The molecule has 0 atom stereocenters. The first-order valence-corrected chi connectivity index (χ1v) is 9.10. The second kappa shape index (κ2) is 9.75. The first-order valence-electron chi connectivity index (χ1n) is 9.10. The summed E-state index contributed by atoms with van der Waals surface area (Å²) >= 11 is 0. The maximum Gasteiger partial charge on any atom is 0.232 e. The van der Waals surface area contributed by atoms with Crippen LogP contribution in [0.2, 0.25) is 0 Å². The predicted molar refractivity (Wildman–Crippen MR) is 96.2 cm³/mol. The molecule has 0 fully saturated rings.